The van der Waals surface area contributed by atoms with Gasteiger partial charge in [-0.3, -0.25) is 0 Å². The van der Waals surface area contributed by atoms with Crippen molar-refractivity contribution in [1.29, 1.82) is 0 Å². The van der Waals surface area contributed by atoms with Crippen LogP contribution in [0, 0.1) is 0 Å². The maximum absolute atomic E-state index is 2.38. The van der Waals surface area contributed by atoms with E-state index in [1.165, 1.54) is 45.8 Å². The topological polar surface area (TPSA) is 3.24 Å². The molecule has 0 saturated heterocycles. The van der Waals surface area contributed by atoms with Crippen molar-refractivity contribution in [2.75, 3.05) is 18.1 Å². The molecule has 2 aliphatic rings. The number of nitrogens with zero attached hydrogens (tertiary/aromatic N) is 1. The van der Waals surface area contributed by atoms with Crippen molar-refractivity contribution >= 4 is 11.8 Å². The molecule has 0 unspecified atom stereocenters. The number of rotatable bonds is 5. The summed E-state index contributed by atoms with van der Waals surface area (Å²) in [5.41, 5.74) is 7.14. The molecule has 126 valence electrons. The number of hydrogen-bond acceptors (Lipinski definition) is 2. The van der Waals surface area contributed by atoms with Crippen LogP contribution in [0.4, 0.5) is 0 Å². The van der Waals surface area contributed by atoms with Gasteiger partial charge in [0, 0.05) is 25.0 Å². The van der Waals surface area contributed by atoms with Crippen LogP contribution in [0.3, 0.4) is 0 Å². The quantitative estimate of drug-likeness (QED) is 0.696. The Balaban J connectivity index is 1.56. The lowest BCUT2D eigenvalue weighted by molar-refractivity contribution is 0.419. The molecule has 0 bridgehead atoms. The second kappa shape index (κ2) is 8.43. The summed E-state index contributed by atoms with van der Waals surface area (Å²) < 4.78 is 0. The van der Waals surface area contributed by atoms with Gasteiger partial charge in [-0.25, -0.2) is 0 Å². The Kier molecular flexibility index (Phi) is 6.03. The number of thioether (sulfide) groups is 1. The first kappa shape index (κ1) is 17.2. The summed E-state index contributed by atoms with van der Waals surface area (Å²) >= 11 is 2.03. The van der Waals surface area contributed by atoms with Gasteiger partial charge in [-0.05, 0) is 59.4 Å². The molecule has 24 heavy (non-hydrogen) atoms. The summed E-state index contributed by atoms with van der Waals surface area (Å²) in [6.07, 6.45) is 13.8. The van der Waals surface area contributed by atoms with E-state index in [0.29, 0.717) is 0 Å². The lowest BCUT2D eigenvalue weighted by Crippen LogP contribution is -2.14. The summed E-state index contributed by atoms with van der Waals surface area (Å²) in [4.78, 5) is 2.38. The molecule has 0 atom stereocenters. The van der Waals surface area contributed by atoms with Crippen LogP contribution in [-0.4, -0.2) is 23.0 Å². The summed E-state index contributed by atoms with van der Waals surface area (Å²) in [5.74, 6) is 2.43. The first-order valence-corrected chi connectivity index (χ1v) is 10.0. The van der Waals surface area contributed by atoms with Gasteiger partial charge in [-0.2, -0.15) is 11.8 Å². The molecular formula is C22H27NS. The molecule has 0 fully saturated rings. The SMILES string of the molecule is CCc1ccc(CN2C=C/C(=C/C=C(\C)C3=CCSCC3)C2)cc1. The van der Waals surface area contributed by atoms with Crippen molar-refractivity contribution in [3.63, 3.8) is 0 Å². The third kappa shape index (κ3) is 4.67. The van der Waals surface area contributed by atoms with Crippen molar-refractivity contribution in [3.05, 3.63) is 82.6 Å². The number of benzene rings is 1. The van der Waals surface area contributed by atoms with E-state index in [0.717, 1.165) is 19.5 Å². The summed E-state index contributed by atoms with van der Waals surface area (Å²) in [6, 6.07) is 9.00. The van der Waals surface area contributed by atoms with E-state index in [4.69, 9.17) is 0 Å². The number of hydrogen-bond donors (Lipinski definition) is 0. The van der Waals surface area contributed by atoms with Gasteiger partial charge < -0.3 is 4.90 Å². The van der Waals surface area contributed by atoms with Gasteiger partial charge in [0.1, 0.15) is 0 Å². The van der Waals surface area contributed by atoms with Crippen molar-refractivity contribution in [2.24, 2.45) is 0 Å². The smallest absolute Gasteiger partial charge is 0.0428 e. The monoisotopic (exact) mass is 337 g/mol. The molecule has 0 amide bonds. The summed E-state index contributed by atoms with van der Waals surface area (Å²) in [7, 11) is 0. The highest BCUT2D eigenvalue weighted by molar-refractivity contribution is 7.99. The minimum absolute atomic E-state index is 0.989. The van der Waals surface area contributed by atoms with Crippen molar-refractivity contribution in [3.8, 4) is 0 Å². The van der Waals surface area contributed by atoms with Crippen molar-refractivity contribution < 1.29 is 0 Å². The Labute approximate surface area is 150 Å². The fraction of sp³-hybridized carbons (Fsp3) is 0.364. The average Bonchev–Trinajstić information content (AvgIpc) is 3.08. The predicted octanol–water partition coefficient (Wildman–Crippen LogP) is 5.51. The Bertz CT molecular complexity index is 676. The fourth-order valence-electron chi connectivity index (χ4n) is 3.10. The van der Waals surface area contributed by atoms with Gasteiger partial charge in [0.25, 0.3) is 0 Å². The van der Waals surface area contributed by atoms with Crippen LogP contribution in [0.15, 0.2) is 71.5 Å². The molecule has 2 heterocycles. The summed E-state index contributed by atoms with van der Waals surface area (Å²) in [5, 5.41) is 0. The van der Waals surface area contributed by atoms with Crippen molar-refractivity contribution in [2.45, 2.75) is 33.2 Å². The molecule has 2 aliphatic heterocycles. The second-order valence-electron chi connectivity index (χ2n) is 6.54. The number of allylic oxidation sites excluding steroid dienone is 4. The van der Waals surface area contributed by atoms with Crippen LogP contribution < -0.4 is 0 Å². The highest BCUT2D eigenvalue weighted by Crippen LogP contribution is 2.23. The van der Waals surface area contributed by atoms with Crippen LogP contribution in [-0.2, 0) is 13.0 Å². The minimum atomic E-state index is 0.989. The molecule has 0 aromatic heterocycles. The van der Waals surface area contributed by atoms with Gasteiger partial charge in [0.2, 0.25) is 0 Å². The molecule has 0 spiro atoms. The van der Waals surface area contributed by atoms with E-state index in [2.05, 4.69) is 73.5 Å². The van der Waals surface area contributed by atoms with E-state index in [-0.39, 0.29) is 0 Å². The third-order valence-electron chi connectivity index (χ3n) is 4.72. The molecule has 3 rings (SSSR count). The minimum Gasteiger partial charge on any atom is -0.369 e. The summed E-state index contributed by atoms with van der Waals surface area (Å²) in [6.45, 7) is 6.44. The molecule has 1 nitrogen and oxygen atoms in total. The standard InChI is InChI=1S/C22H27NS/c1-3-19-6-8-20(9-7-19)16-23-13-10-21(17-23)5-4-18(2)22-11-14-24-15-12-22/h4-11,13H,3,12,14-17H2,1-2H3/b18-4+,21-5-. The Morgan fingerprint density at radius 3 is 2.71 bits per heavy atom. The van der Waals surface area contributed by atoms with E-state index in [1.807, 2.05) is 11.8 Å². The zero-order chi connectivity index (χ0) is 16.8. The van der Waals surface area contributed by atoms with E-state index < -0.39 is 0 Å². The van der Waals surface area contributed by atoms with Gasteiger partial charge in [0.15, 0.2) is 0 Å². The normalized spacial score (nSPS) is 19.9. The Morgan fingerprint density at radius 1 is 1.21 bits per heavy atom. The van der Waals surface area contributed by atoms with Crippen LogP contribution in [0.5, 0.6) is 0 Å². The maximum atomic E-state index is 2.38. The molecule has 0 aliphatic carbocycles. The Morgan fingerprint density at radius 2 is 2.00 bits per heavy atom. The van der Waals surface area contributed by atoms with Gasteiger partial charge in [0.05, 0.1) is 0 Å². The van der Waals surface area contributed by atoms with Gasteiger partial charge in [-0.15, -0.1) is 0 Å². The first-order chi connectivity index (χ1) is 11.7. The zero-order valence-electron chi connectivity index (χ0n) is 14.8. The largest absolute Gasteiger partial charge is 0.369 e. The highest BCUT2D eigenvalue weighted by Gasteiger charge is 2.10. The van der Waals surface area contributed by atoms with Crippen LogP contribution in [0.25, 0.3) is 0 Å². The predicted molar refractivity (Wildman–Crippen MR) is 107 cm³/mol. The van der Waals surface area contributed by atoms with Gasteiger partial charge >= 0.3 is 0 Å². The second-order valence-corrected chi connectivity index (χ2v) is 7.69. The van der Waals surface area contributed by atoms with E-state index >= 15 is 0 Å². The van der Waals surface area contributed by atoms with Crippen LogP contribution in [0.1, 0.15) is 31.4 Å². The molecular weight excluding hydrogens is 310 g/mol. The first-order valence-electron chi connectivity index (χ1n) is 8.89. The third-order valence-corrected chi connectivity index (χ3v) is 5.61. The molecule has 1 aromatic carbocycles. The van der Waals surface area contributed by atoms with Crippen molar-refractivity contribution in [1.82, 2.24) is 4.90 Å². The molecule has 0 radical (unpaired) electrons. The highest BCUT2D eigenvalue weighted by atomic mass is 32.2. The fourth-order valence-corrected chi connectivity index (χ4v) is 3.95. The zero-order valence-corrected chi connectivity index (χ0v) is 15.6. The molecule has 2 heteroatoms. The molecule has 0 saturated carbocycles. The number of aryl methyl sites for hydroxylation is 1. The Hall–Kier alpha value is -1.67. The molecule has 0 N–H and O–H groups in total. The molecule has 1 aromatic rings. The van der Waals surface area contributed by atoms with Crippen LogP contribution in [0.2, 0.25) is 0 Å². The lowest BCUT2D eigenvalue weighted by atomic mass is 10.0. The maximum Gasteiger partial charge on any atom is 0.0428 e. The van der Waals surface area contributed by atoms with E-state index in [1.54, 1.807) is 0 Å². The van der Waals surface area contributed by atoms with Gasteiger partial charge in [-0.1, -0.05) is 49.4 Å². The average molecular weight is 338 g/mol. The van der Waals surface area contributed by atoms with Crippen LogP contribution >= 0.6 is 11.8 Å². The lowest BCUT2D eigenvalue weighted by Gasteiger charge is -2.16. The van der Waals surface area contributed by atoms with E-state index in [9.17, 15) is 0 Å².